The molecule has 1 atom stereocenters. The van der Waals surface area contributed by atoms with Gasteiger partial charge in [-0.2, -0.15) is 0 Å². The third kappa shape index (κ3) is 2.16. The lowest BCUT2D eigenvalue weighted by Crippen LogP contribution is -2.41. The molecule has 1 nitrogen and oxygen atoms in total. The summed E-state index contributed by atoms with van der Waals surface area (Å²) in [5.41, 5.74) is 0. The summed E-state index contributed by atoms with van der Waals surface area (Å²) in [5.74, 6) is 0.807. The van der Waals surface area contributed by atoms with Gasteiger partial charge in [0.15, 0.2) is 0 Å². The molecule has 0 spiro atoms. The Hall–Kier alpha value is 0.390. The Kier molecular flexibility index (Phi) is 2.94. The van der Waals surface area contributed by atoms with E-state index >= 15 is 0 Å². The van der Waals surface area contributed by atoms with Crippen molar-refractivity contribution in [3.63, 3.8) is 0 Å². The van der Waals surface area contributed by atoms with Crippen molar-refractivity contribution in [1.29, 1.82) is 0 Å². The van der Waals surface area contributed by atoms with Crippen LogP contribution in [0.1, 0.15) is 26.7 Å². The quantitative estimate of drug-likeness (QED) is 0.548. The van der Waals surface area contributed by atoms with Gasteiger partial charge in [-0.25, -0.2) is 0 Å². The molecule has 2 heteroatoms. The highest BCUT2D eigenvalue weighted by Gasteiger charge is 2.31. The lowest BCUT2D eigenvalue weighted by atomic mass is 9.85. The maximum atomic E-state index is 3.07. The molecule has 1 fully saturated rings. The van der Waals surface area contributed by atoms with Crippen LogP contribution < -0.4 is 0 Å². The minimum absolute atomic E-state index is 0.534. The van der Waals surface area contributed by atoms with Crippen molar-refractivity contribution in [3.05, 3.63) is 0 Å². The average Bonchev–Trinajstić information content (AvgIpc) is 1.95. The third-order valence-corrected chi connectivity index (χ3v) is 4.31. The molecular formula is C9H20NP. The molecule has 1 saturated heterocycles. The van der Waals surface area contributed by atoms with E-state index in [1.165, 1.54) is 25.9 Å². The van der Waals surface area contributed by atoms with Crippen LogP contribution in [0.5, 0.6) is 0 Å². The molecule has 0 saturated carbocycles. The van der Waals surface area contributed by atoms with Crippen LogP contribution in [0.25, 0.3) is 0 Å². The Morgan fingerprint density at radius 1 is 1.27 bits per heavy atom. The highest BCUT2D eigenvalue weighted by atomic mass is 31.0. The lowest BCUT2D eigenvalue weighted by Gasteiger charge is -2.40. The van der Waals surface area contributed by atoms with Crippen molar-refractivity contribution >= 4 is 9.24 Å². The molecule has 0 bridgehead atoms. The first-order valence-electron chi connectivity index (χ1n) is 4.52. The first kappa shape index (κ1) is 9.48. The summed E-state index contributed by atoms with van der Waals surface area (Å²) in [6, 6.07) is 0. The largest absolute Gasteiger partial charge is 0.306 e. The van der Waals surface area contributed by atoms with Gasteiger partial charge in [-0.1, -0.05) is 13.8 Å². The zero-order chi connectivity index (χ0) is 8.48. The SMILES string of the molecule is CC(C)C1(P)CCN(C)CC1. The Labute approximate surface area is 72.7 Å². The fraction of sp³-hybridized carbons (Fsp3) is 1.00. The second kappa shape index (κ2) is 3.41. The summed E-state index contributed by atoms with van der Waals surface area (Å²) in [4.78, 5) is 2.42. The van der Waals surface area contributed by atoms with Gasteiger partial charge >= 0.3 is 0 Å². The van der Waals surface area contributed by atoms with Gasteiger partial charge in [-0.15, -0.1) is 9.24 Å². The van der Waals surface area contributed by atoms with E-state index in [-0.39, 0.29) is 0 Å². The van der Waals surface area contributed by atoms with Gasteiger partial charge in [0.05, 0.1) is 0 Å². The van der Waals surface area contributed by atoms with Crippen molar-refractivity contribution in [1.82, 2.24) is 4.90 Å². The molecule has 0 radical (unpaired) electrons. The number of hydrogen-bond acceptors (Lipinski definition) is 1. The molecule has 1 aliphatic rings. The van der Waals surface area contributed by atoms with E-state index < -0.39 is 0 Å². The smallest absolute Gasteiger partial charge is 0.00132 e. The number of rotatable bonds is 1. The molecule has 0 aromatic heterocycles. The predicted octanol–water partition coefficient (Wildman–Crippen LogP) is 1.98. The summed E-state index contributed by atoms with van der Waals surface area (Å²) in [6.45, 7) is 7.19. The van der Waals surface area contributed by atoms with Crippen molar-refractivity contribution in [2.24, 2.45) is 5.92 Å². The van der Waals surface area contributed by atoms with Crippen LogP contribution in [0.15, 0.2) is 0 Å². The first-order chi connectivity index (χ1) is 5.04. The Morgan fingerprint density at radius 2 is 1.73 bits per heavy atom. The fourth-order valence-corrected chi connectivity index (χ4v) is 1.87. The van der Waals surface area contributed by atoms with Gasteiger partial charge in [-0.05, 0) is 44.1 Å². The van der Waals surface area contributed by atoms with Crippen molar-refractivity contribution < 1.29 is 0 Å². The predicted molar refractivity (Wildman–Crippen MR) is 54.0 cm³/mol. The van der Waals surface area contributed by atoms with Gasteiger partial charge in [0.2, 0.25) is 0 Å². The molecule has 0 aromatic carbocycles. The monoisotopic (exact) mass is 173 g/mol. The van der Waals surface area contributed by atoms with Crippen LogP contribution in [-0.4, -0.2) is 30.2 Å². The number of likely N-dealkylation sites (tertiary alicyclic amines) is 1. The van der Waals surface area contributed by atoms with Crippen LogP contribution in [0.4, 0.5) is 0 Å². The van der Waals surface area contributed by atoms with Crippen LogP contribution in [0.3, 0.4) is 0 Å². The summed E-state index contributed by atoms with van der Waals surface area (Å²) in [6.07, 6.45) is 2.68. The van der Waals surface area contributed by atoms with E-state index in [4.69, 9.17) is 0 Å². The summed E-state index contributed by atoms with van der Waals surface area (Å²) in [5, 5.41) is 0.534. The number of hydrogen-bond donors (Lipinski definition) is 0. The lowest BCUT2D eigenvalue weighted by molar-refractivity contribution is 0.208. The molecule has 0 amide bonds. The molecular weight excluding hydrogens is 153 g/mol. The van der Waals surface area contributed by atoms with Crippen LogP contribution in [0, 0.1) is 5.92 Å². The molecule has 66 valence electrons. The van der Waals surface area contributed by atoms with Gasteiger partial charge < -0.3 is 4.90 Å². The number of nitrogens with zero attached hydrogens (tertiary/aromatic N) is 1. The Morgan fingerprint density at radius 3 is 2.09 bits per heavy atom. The van der Waals surface area contributed by atoms with E-state index in [0.717, 1.165) is 5.92 Å². The second-order valence-electron chi connectivity index (χ2n) is 4.19. The zero-order valence-electron chi connectivity index (χ0n) is 7.93. The van der Waals surface area contributed by atoms with Gasteiger partial charge in [-0.3, -0.25) is 0 Å². The Balaban J connectivity index is 2.48. The van der Waals surface area contributed by atoms with E-state index in [9.17, 15) is 0 Å². The van der Waals surface area contributed by atoms with E-state index in [2.05, 4.69) is 35.0 Å². The molecule has 1 aliphatic heterocycles. The molecule has 0 N–H and O–H groups in total. The molecule has 0 aliphatic carbocycles. The minimum Gasteiger partial charge on any atom is -0.306 e. The standard InChI is InChI=1S/C9H20NP/c1-8(2)9(11)4-6-10(3)7-5-9/h8H,4-7,11H2,1-3H3. The maximum absolute atomic E-state index is 3.07. The van der Waals surface area contributed by atoms with E-state index in [0.29, 0.717) is 5.16 Å². The fourth-order valence-electron chi connectivity index (χ4n) is 1.61. The average molecular weight is 173 g/mol. The third-order valence-electron chi connectivity index (χ3n) is 3.07. The Bertz CT molecular complexity index is 126. The van der Waals surface area contributed by atoms with E-state index in [1.54, 1.807) is 0 Å². The van der Waals surface area contributed by atoms with Gasteiger partial charge in [0.1, 0.15) is 0 Å². The van der Waals surface area contributed by atoms with Crippen molar-refractivity contribution in [2.75, 3.05) is 20.1 Å². The molecule has 1 heterocycles. The summed E-state index contributed by atoms with van der Waals surface area (Å²) < 4.78 is 0. The number of piperidine rings is 1. The maximum Gasteiger partial charge on any atom is -0.00132 e. The topological polar surface area (TPSA) is 3.24 Å². The van der Waals surface area contributed by atoms with Crippen LogP contribution in [-0.2, 0) is 0 Å². The van der Waals surface area contributed by atoms with Crippen molar-refractivity contribution in [3.8, 4) is 0 Å². The minimum atomic E-state index is 0.534. The molecule has 1 rings (SSSR count). The summed E-state index contributed by atoms with van der Waals surface area (Å²) >= 11 is 0. The first-order valence-corrected chi connectivity index (χ1v) is 5.10. The van der Waals surface area contributed by atoms with Gasteiger partial charge in [0, 0.05) is 0 Å². The van der Waals surface area contributed by atoms with E-state index in [1.807, 2.05) is 0 Å². The zero-order valence-corrected chi connectivity index (χ0v) is 9.09. The second-order valence-corrected chi connectivity index (χ2v) is 5.34. The highest BCUT2D eigenvalue weighted by Crippen LogP contribution is 2.37. The normalized spacial score (nSPS) is 25.9. The molecule has 11 heavy (non-hydrogen) atoms. The van der Waals surface area contributed by atoms with Gasteiger partial charge in [0.25, 0.3) is 0 Å². The highest BCUT2D eigenvalue weighted by molar-refractivity contribution is 7.19. The summed E-state index contributed by atoms with van der Waals surface area (Å²) in [7, 11) is 5.28. The van der Waals surface area contributed by atoms with Crippen LogP contribution >= 0.6 is 9.24 Å². The van der Waals surface area contributed by atoms with Crippen molar-refractivity contribution in [2.45, 2.75) is 31.8 Å². The molecule has 1 unspecified atom stereocenters. The van der Waals surface area contributed by atoms with Crippen LogP contribution in [0.2, 0.25) is 0 Å². The molecule has 0 aromatic rings.